The van der Waals surface area contributed by atoms with Gasteiger partial charge in [-0.3, -0.25) is 21.3 Å². The second-order valence-corrected chi connectivity index (χ2v) is 10.3. The zero-order valence-corrected chi connectivity index (χ0v) is 19.4. The van der Waals surface area contributed by atoms with Gasteiger partial charge in [0.1, 0.15) is 22.0 Å². The maximum atomic E-state index is 9.80. The zero-order chi connectivity index (χ0) is 22.7. The molecule has 0 bridgehead atoms. The molecule has 0 spiro atoms. The number of fused-ring (bicyclic) bond motifs is 1. The summed E-state index contributed by atoms with van der Waals surface area (Å²) >= 11 is 0. The van der Waals surface area contributed by atoms with E-state index in [-0.39, 0.29) is 18.5 Å². The van der Waals surface area contributed by atoms with Crippen molar-refractivity contribution < 1.29 is 9.84 Å². The van der Waals surface area contributed by atoms with Crippen molar-refractivity contribution in [3.8, 4) is 0 Å². The molecule has 4 aliphatic rings. The van der Waals surface area contributed by atoms with Crippen LogP contribution in [0.5, 0.6) is 0 Å². The van der Waals surface area contributed by atoms with Gasteiger partial charge in [-0.1, -0.05) is 18.0 Å². The summed E-state index contributed by atoms with van der Waals surface area (Å²) in [5.41, 5.74) is -0.349. The van der Waals surface area contributed by atoms with Gasteiger partial charge in [0.05, 0.1) is 20.1 Å². The Balaban J connectivity index is 1.44. The van der Waals surface area contributed by atoms with Crippen molar-refractivity contribution in [2.24, 2.45) is 11.8 Å². The van der Waals surface area contributed by atoms with Crippen LogP contribution in [0.2, 0.25) is 6.32 Å². The predicted octanol–water partition coefficient (Wildman–Crippen LogP) is -0.520. The number of rotatable bonds is 6. The first-order valence-corrected chi connectivity index (χ1v) is 12.4. The lowest BCUT2D eigenvalue weighted by Gasteiger charge is -2.48. The molecule has 7 unspecified atom stereocenters. The van der Waals surface area contributed by atoms with Crippen molar-refractivity contribution in [2.45, 2.75) is 87.4 Å². The minimum Gasteiger partial charge on any atom is -0.395 e. The van der Waals surface area contributed by atoms with E-state index in [1.807, 2.05) is 0 Å². The van der Waals surface area contributed by atoms with Crippen molar-refractivity contribution in [1.29, 1.82) is 0 Å². The average Bonchev–Trinajstić information content (AvgIpc) is 2.96. The quantitative estimate of drug-likeness (QED) is 0.218. The molecule has 172 valence electrons. The minimum absolute atomic E-state index is 0.0962. The number of nitrogens with zero attached hydrogens (tertiary/aromatic N) is 1. The number of hydrogen-bond donors (Lipinski definition) is 5. The summed E-state index contributed by atoms with van der Waals surface area (Å²) in [6.45, 7) is 3.07. The standard InChI is InChI=1S/C22H38B3N5O2/c1-30-7-2-4-14(6-8-30)18-11-16(10-15-5-3-9-32-20(15)18)26-21-27-17(13-23)12-19(28-21)29-22(24,25)31/h6,15-21,26-29,31H,2-5,7-13H2,1H3. The number of ether oxygens (including phenoxy) is 1. The van der Waals surface area contributed by atoms with Gasteiger partial charge in [-0.2, -0.15) is 0 Å². The maximum Gasteiger partial charge on any atom is 0.120 e. The fourth-order valence-electron chi connectivity index (χ4n) is 6.10. The summed E-state index contributed by atoms with van der Waals surface area (Å²) in [5.74, 6) is 1.06. The fourth-order valence-corrected chi connectivity index (χ4v) is 6.10. The molecule has 7 nitrogen and oxygen atoms in total. The van der Waals surface area contributed by atoms with Gasteiger partial charge in [0.15, 0.2) is 0 Å². The van der Waals surface area contributed by atoms with Crippen LogP contribution >= 0.6 is 0 Å². The fraction of sp³-hybridized carbons (Fsp3) is 0.909. The molecular formula is C22H38B3N5O2. The van der Waals surface area contributed by atoms with Crippen LogP contribution < -0.4 is 21.3 Å². The van der Waals surface area contributed by atoms with E-state index in [0.29, 0.717) is 36.7 Å². The van der Waals surface area contributed by atoms with Crippen molar-refractivity contribution in [3.63, 3.8) is 0 Å². The van der Waals surface area contributed by atoms with Crippen molar-refractivity contribution in [1.82, 2.24) is 26.2 Å². The second-order valence-electron chi connectivity index (χ2n) is 10.3. The van der Waals surface area contributed by atoms with Gasteiger partial charge in [-0.25, -0.2) is 0 Å². The lowest BCUT2D eigenvalue weighted by Crippen LogP contribution is -2.71. The third-order valence-corrected chi connectivity index (χ3v) is 7.55. The normalized spacial score (nSPS) is 39.7. The van der Waals surface area contributed by atoms with Crippen LogP contribution in [0.4, 0.5) is 0 Å². The van der Waals surface area contributed by atoms with E-state index < -0.39 is 5.52 Å². The minimum atomic E-state index is -1.93. The molecule has 7 atom stereocenters. The summed E-state index contributed by atoms with van der Waals surface area (Å²) in [5, 5.41) is 23.4. The molecular weight excluding hydrogens is 399 g/mol. The van der Waals surface area contributed by atoms with Crippen LogP contribution in [0, 0.1) is 11.8 Å². The highest BCUT2D eigenvalue weighted by Gasteiger charge is 2.42. The Morgan fingerprint density at radius 2 is 2.09 bits per heavy atom. The van der Waals surface area contributed by atoms with Crippen LogP contribution in [0.15, 0.2) is 11.6 Å². The molecule has 0 aromatic carbocycles. The molecule has 5 N–H and O–H groups in total. The molecule has 10 heteroatoms. The lowest BCUT2D eigenvalue weighted by molar-refractivity contribution is -0.0799. The molecule has 3 heterocycles. The molecule has 1 saturated carbocycles. The molecule has 0 amide bonds. The largest absolute Gasteiger partial charge is 0.395 e. The Hall–Kier alpha value is -0.345. The molecule has 0 aromatic heterocycles. The molecule has 4 rings (SSSR count). The third kappa shape index (κ3) is 6.62. The van der Waals surface area contributed by atoms with Crippen LogP contribution in [0.3, 0.4) is 0 Å². The van der Waals surface area contributed by atoms with E-state index >= 15 is 0 Å². The predicted molar refractivity (Wildman–Crippen MR) is 129 cm³/mol. The van der Waals surface area contributed by atoms with Gasteiger partial charge in [0.2, 0.25) is 0 Å². The first-order chi connectivity index (χ1) is 15.3. The zero-order valence-electron chi connectivity index (χ0n) is 19.4. The average molecular weight is 437 g/mol. The summed E-state index contributed by atoms with van der Waals surface area (Å²) in [6.07, 6.45) is 10.5. The van der Waals surface area contributed by atoms with Crippen molar-refractivity contribution in [3.05, 3.63) is 11.6 Å². The number of hydrogen-bond acceptors (Lipinski definition) is 7. The Kier molecular flexibility index (Phi) is 8.46. The summed E-state index contributed by atoms with van der Waals surface area (Å²) in [7, 11) is 19.3. The molecule has 2 saturated heterocycles. The summed E-state index contributed by atoms with van der Waals surface area (Å²) in [4.78, 5) is 2.40. The Bertz CT molecular complexity index is 650. The highest BCUT2D eigenvalue weighted by Crippen LogP contribution is 2.42. The molecule has 1 aliphatic carbocycles. The number of likely N-dealkylation sites (N-methyl/N-ethyl adjacent to an activating group) is 1. The third-order valence-electron chi connectivity index (χ3n) is 7.55. The molecule has 32 heavy (non-hydrogen) atoms. The van der Waals surface area contributed by atoms with Gasteiger partial charge in [0.25, 0.3) is 0 Å². The number of nitrogens with one attached hydrogen (secondary N) is 4. The van der Waals surface area contributed by atoms with Crippen LogP contribution in [0.1, 0.15) is 44.9 Å². The smallest absolute Gasteiger partial charge is 0.120 e. The van der Waals surface area contributed by atoms with Crippen LogP contribution in [-0.4, -0.2) is 96.5 Å². The van der Waals surface area contributed by atoms with Crippen LogP contribution in [0.25, 0.3) is 0 Å². The van der Waals surface area contributed by atoms with E-state index in [2.05, 4.69) is 39.3 Å². The van der Waals surface area contributed by atoms with E-state index in [1.165, 1.54) is 19.3 Å². The van der Waals surface area contributed by atoms with E-state index in [1.54, 1.807) is 5.57 Å². The Labute approximate surface area is 197 Å². The van der Waals surface area contributed by atoms with Gasteiger partial charge in [-0.15, -0.1) is 0 Å². The number of aliphatic hydroxyl groups is 1. The second kappa shape index (κ2) is 10.9. The van der Waals surface area contributed by atoms with Crippen molar-refractivity contribution in [2.75, 3.05) is 26.7 Å². The Morgan fingerprint density at radius 1 is 1.25 bits per heavy atom. The Morgan fingerprint density at radius 3 is 2.88 bits per heavy atom. The molecule has 0 aromatic rings. The van der Waals surface area contributed by atoms with Gasteiger partial charge in [0, 0.05) is 36.7 Å². The lowest BCUT2D eigenvalue weighted by atomic mass is 9.69. The monoisotopic (exact) mass is 437 g/mol. The molecule has 3 fully saturated rings. The summed E-state index contributed by atoms with van der Waals surface area (Å²) < 4.78 is 6.36. The van der Waals surface area contributed by atoms with E-state index in [4.69, 9.17) is 28.3 Å². The summed E-state index contributed by atoms with van der Waals surface area (Å²) in [6, 6.07) is 0.459. The first-order valence-electron chi connectivity index (χ1n) is 12.4. The maximum absolute atomic E-state index is 9.80. The van der Waals surface area contributed by atoms with Gasteiger partial charge < -0.3 is 14.7 Å². The molecule has 6 radical (unpaired) electrons. The highest BCUT2D eigenvalue weighted by molar-refractivity contribution is 6.38. The van der Waals surface area contributed by atoms with Crippen LogP contribution in [-0.2, 0) is 4.74 Å². The van der Waals surface area contributed by atoms with Gasteiger partial charge in [-0.05, 0) is 64.5 Å². The van der Waals surface area contributed by atoms with E-state index in [9.17, 15) is 5.11 Å². The van der Waals surface area contributed by atoms with E-state index in [0.717, 1.165) is 39.0 Å². The SMILES string of the molecule is [B]CC1CC(NC([B])([B])O)NC(NC2CC3CCCOC3C(C3=CCN(C)CCC3)C2)N1. The highest BCUT2D eigenvalue weighted by atomic mass is 16.5. The molecule has 3 aliphatic heterocycles. The topological polar surface area (TPSA) is 80.8 Å². The van der Waals surface area contributed by atoms with Gasteiger partial charge >= 0.3 is 0 Å². The van der Waals surface area contributed by atoms with Crippen molar-refractivity contribution >= 4 is 23.5 Å². The first kappa shape index (κ1) is 24.8.